The third-order valence-corrected chi connectivity index (χ3v) is 4.78. The zero-order valence-corrected chi connectivity index (χ0v) is 14.5. The average molecular weight is 339 g/mol. The smallest absolute Gasteiger partial charge is 0.244 e. The lowest BCUT2D eigenvalue weighted by atomic mass is 10.2. The van der Waals surface area contributed by atoms with Crippen molar-refractivity contribution < 1.29 is 13.2 Å². The normalized spacial score (nSPS) is 11.9. The molecule has 0 unspecified atom stereocenters. The molecule has 0 amide bonds. The molecular weight excluding hydrogens is 318 g/mol. The molecule has 1 heterocycles. The number of aromatic nitrogens is 4. The van der Waals surface area contributed by atoms with E-state index in [-0.39, 0.29) is 17.5 Å². The maximum absolute atomic E-state index is 12.5. The first kappa shape index (κ1) is 17.4. The van der Waals surface area contributed by atoms with Gasteiger partial charge in [0.1, 0.15) is 10.6 Å². The van der Waals surface area contributed by atoms with Gasteiger partial charge in [-0.3, -0.25) is 0 Å². The maximum Gasteiger partial charge on any atom is 0.244 e. The minimum absolute atomic E-state index is 0.119. The molecule has 8 nitrogen and oxygen atoms in total. The van der Waals surface area contributed by atoms with Gasteiger partial charge in [-0.2, -0.15) is 0 Å². The summed E-state index contributed by atoms with van der Waals surface area (Å²) in [6.45, 7) is 5.95. The summed E-state index contributed by atoms with van der Waals surface area (Å²) in [7, 11) is -2.22. The van der Waals surface area contributed by atoms with Crippen LogP contribution in [0.1, 0.15) is 31.3 Å². The monoisotopic (exact) mass is 339 g/mol. The Morgan fingerprint density at radius 2 is 2.09 bits per heavy atom. The second-order valence-electron chi connectivity index (χ2n) is 5.44. The summed E-state index contributed by atoms with van der Waals surface area (Å²) in [5, 5.41) is 11.4. The van der Waals surface area contributed by atoms with Crippen LogP contribution in [0, 0.1) is 6.92 Å². The molecule has 9 heteroatoms. The van der Waals surface area contributed by atoms with Crippen molar-refractivity contribution in [1.82, 2.24) is 24.9 Å². The Bertz CT molecular complexity index is 770. The zero-order valence-electron chi connectivity index (χ0n) is 13.6. The van der Waals surface area contributed by atoms with Gasteiger partial charge in [0.2, 0.25) is 10.0 Å². The van der Waals surface area contributed by atoms with Crippen molar-refractivity contribution in [3.63, 3.8) is 0 Å². The van der Waals surface area contributed by atoms with Crippen LogP contribution in [0.3, 0.4) is 0 Å². The summed E-state index contributed by atoms with van der Waals surface area (Å²) < 4.78 is 34.3. The van der Waals surface area contributed by atoms with Crippen LogP contribution in [0.25, 0.3) is 0 Å². The number of rotatable bonds is 7. The SMILES string of the molecule is COc1ccc(C)cc1S(=O)(=O)NCCc1nnnn1C(C)C. The van der Waals surface area contributed by atoms with Crippen molar-refractivity contribution >= 4 is 10.0 Å². The van der Waals surface area contributed by atoms with E-state index >= 15 is 0 Å². The van der Waals surface area contributed by atoms with Crippen LogP contribution in [-0.4, -0.2) is 42.3 Å². The highest BCUT2D eigenvalue weighted by atomic mass is 32.2. The summed E-state index contributed by atoms with van der Waals surface area (Å²) in [6, 6.07) is 5.14. The predicted molar refractivity (Wildman–Crippen MR) is 84.8 cm³/mol. The van der Waals surface area contributed by atoms with Crippen LogP contribution in [0.4, 0.5) is 0 Å². The second-order valence-corrected chi connectivity index (χ2v) is 7.17. The van der Waals surface area contributed by atoms with Crippen molar-refractivity contribution in [2.45, 2.75) is 38.1 Å². The number of ether oxygens (including phenoxy) is 1. The summed E-state index contributed by atoms with van der Waals surface area (Å²) in [4.78, 5) is 0.128. The van der Waals surface area contributed by atoms with E-state index in [1.807, 2.05) is 20.8 Å². The molecule has 0 aliphatic carbocycles. The molecule has 0 radical (unpaired) electrons. The molecule has 2 rings (SSSR count). The van der Waals surface area contributed by atoms with E-state index in [0.29, 0.717) is 18.0 Å². The predicted octanol–water partition coefficient (Wildman–Crippen LogP) is 1.09. The molecule has 0 atom stereocenters. The van der Waals surface area contributed by atoms with E-state index in [9.17, 15) is 8.42 Å². The van der Waals surface area contributed by atoms with Crippen molar-refractivity contribution in [2.75, 3.05) is 13.7 Å². The third kappa shape index (κ3) is 4.05. The van der Waals surface area contributed by atoms with Gasteiger partial charge in [-0.25, -0.2) is 17.8 Å². The summed E-state index contributed by atoms with van der Waals surface area (Å²) >= 11 is 0. The molecule has 0 spiro atoms. The highest BCUT2D eigenvalue weighted by Crippen LogP contribution is 2.24. The van der Waals surface area contributed by atoms with Crippen LogP contribution < -0.4 is 9.46 Å². The molecule has 126 valence electrons. The first-order valence-electron chi connectivity index (χ1n) is 7.26. The van der Waals surface area contributed by atoms with Crippen LogP contribution in [0.5, 0.6) is 5.75 Å². The molecule has 0 saturated carbocycles. The molecule has 1 aromatic heterocycles. The quantitative estimate of drug-likeness (QED) is 0.811. The van der Waals surface area contributed by atoms with Gasteiger partial charge in [0, 0.05) is 13.0 Å². The van der Waals surface area contributed by atoms with Crippen molar-refractivity contribution in [2.24, 2.45) is 0 Å². The van der Waals surface area contributed by atoms with Gasteiger partial charge in [-0.05, 0) is 48.9 Å². The van der Waals surface area contributed by atoms with E-state index in [0.717, 1.165) is 5.56 Å². The first-order valence-corrected chi connectivity index (χ1v) is 8.74. The molecule has 2 aromatic rings. The number of methoxy groups -OCH3 is 1. The summed E-state index contributed by atoms with van der Waals surface area (Å²) in [6.07, 6.45) is 0.401. The Hall–Kier alpha value is -2.00. The number of hydrogen-bond donors (Lipinski definition) is 1. The summed E-state index contributed by atoms with van der Waals surface area (Å²) in [5.41, 5.74) is 0.843. The van der Waals surface area contributed by atoms with Gasteiger partial charge in [-0.15, -0.1) is 5.10 Å². The van der Waals surface area contributed by atoms with E-state index < -0.39 is 10.0 Å². The molecule has 0 saturated heterocycles. The molecule has 0 aliphatic heterocycles. The Morgan fingerprint density at radius 3 is 2.74 bits per heavy atom. The number of nitrogens with zero attached hydrogens (tertiary/aromatic N) is 4. The lowest BCUT2D eigenvalue weighted by Gasteiger charge is -2.12. The molecule has 0 aliphatic rings. The molecule has 23 heavy (non-hydrogen) atoms. The van der Waals surface area contributed by atoms with Crippen molar-refractivity contribution in [1.29, 1.82) is 0 Å². The van der Waals surface area contributed by atoms with Gasteiger partial charge in [0.25, 0.3) is 0 Å². The van der Waals surface area contributed by atoms with Crippen LogP contribution in [-0.2, 0) is 16.4 Å². The fourth-order valence-electron chi connectivity index (χ4n) is 2.15. The lowest BCUT2D eigenvalue weighted by Crippen LogP contribution is -2.27. The highest BCUT2D eigenvalue weighted by Gasteiger charge is 2.20. The first-order chi connectivity index (χ1) is 10.8. The minimum Gasteiger partial charge on any atom is -0.495 e. The van der Waals surface area contributed by atoms with Gasteiger partial charge < -0.3 is 4.74 Å². The molecule has 0 bridgehead atoms. The zero-order chi connectivity index (χ0) is 17.0. The van der Waals surface area contributed by atoms with Crippen LogP contribution in [0.15, 0.2) is 23.1 Å². The topological polar surface area (TPSA) is 99.0 Å². The number of tetrazole rings is 1. The molecule has 1 aromatic carbocycles. The minimum atomic E-state index is -3.66. The van der Waals surface area contributed by atoms with Gasteiger partial charge in [-0.1, -0.05) is 6.07 Å². The fourth-order valence-corrected chi connectivity index (χ4v) is 3.43. The lowest BCUT2D eigenvalue weighted by molar-refractivity contribution is 0.402. The van der Waals surface area contributed by atoms with E-state index in [4.69, 9.17) is 4.74 Å². The largest absolute Gasteiger partial charge is 0.495 e. The number of benzene rings is 1. The highest BCUT2D eigenvalue weighted by molar-refractivity contribution is 7.89. The summed E-state index contributed by atoms with van der Waals surface area (Å²) in [5.74, 6) is 0.953. The van der Waals surface area contributed by atoms with E-state index in [1.54, 1.807) is 22.9 Å². The molecular formula is C14H21N5O3S. The van der Waals surface area contributed by atoms with Crippen LogP contribution >= 0.6 is 0 Å². The van der Waals surface area contributed by atoms with Gasteiger partial charge in [0.05, 0.1) is 13.2 Å². The fraction of sp³-hybridized carbons (Fsp3) is 0.500. The van der Waals surface area contributed by atoms with Gasteiger partial charge in [0.15, 0.2) is 5.82 Å². The third-order valence-electron chi connectivity index (χ3n) is 3.30. The van der Waals surface area contributed by atoms with E-state index in [2.05, 4.69) is 20.2 Å². The average Bonchev–Trinajstić information content (AvgIpc) is 2.95. The molecule has 1 N–H and O–H groups in total. The number of aryl methyl sites for hydroxylation is 1. The standard InChI is InChI=1S/C14H21N5O3S/c1-10(2)19-14(16-17-18-19)7-8-15-23(20,21)13-9-11(3)5-6-12(13)22-4/h5-6,9-10,15H,7-8H2,1-4H3. The Labute approximate surface area is 135 Å². The Morgan fingerprint density at radius 1 is 1.35 bits per heavy atom. The van der Waals surface area contributed by atoms with Crippen LogP contribution in [0.2, 0.25) is 0 Å². The van der Waals surface area contributed by atoms with Crippen molar-refractivity contribution in [3.05, 3.63) is 29.6 Å². The van der Waals surface area contributed by atoms with Crippen molar-refractivity contribution in [3.8, 4) is 5.75 Å². The number of hydrogen-bond acceptors (Lipinski definition) is 6. The molecule has 0 fully saturated rings. The second kappa shape index (κ2) is 7.05. The number of sulfonamides is 1. The van der Waals surface area contributed by atoms with E-state index in [1.165, 1.54) is 7.11 Å². The maximum atomic E-state index is 12.5. The Balaban J connectivity index is 2.10. The number of nitrogens with one attached hydrogen (secondary N) is 1. The Kier molecular flexibility index (Phi) is 5.32. The van der Waals surface area contributed by atoms with Gasteiger partial charge >= 0.3 is 0 Å².